The number of rotatable bonds is 4. The molecule has 11 nitrogen and oxygen atoms in total. The van der Waals surface area contributed by atoms with Crippen LogP contribution in [0.15, 0.2) is 21.2 Å². The van der Waals surface area contributed by atoms with Gasteiger partial charge in [0.05, 0.1) is 0 Å². The number of allylic oxidation sites excluding steroid dienone is 2. The highest BCUT2D eigenvalue weighted by Crippen LogP contribution is 2.23. The normalized spacial score (nSPS) is 16.5. The lowest BCUT2D eigenvalue weighted by Gasteiger charge is -2.33. The fourth-order valence-electron chi connectivity index (χ4n) is 3.65. The summed E-state index contributed by atoms with van der Waals surface area (Å²) in [6, 6.07) is -0.356. The van der Waals surface area contributed by atoms with Gasteiger partial charge in [-0.25, -0.2) is 9.59 Å². The van der Waals surface area contributed by atoms with Gasteiger partial charge < -0.3 is 19.9 Å². The highest BCUT2D eigenvalue weighted by molar-refractivity contribution is 6.31. The summed E-state index contributed by atoms with van der Waals surface area (Å²) in [6.45, 7) is 5.28. The van der Waals surface area contributed by atoms with Crippen LogP contribution in [0.2, 0.25) is 0 Å². The third kappa shape index (κ3) is 3.87. The molecule has 162 valence electrons. The van der Waals surface area contributed by atoms with Crippen molar-refractivity contribution < 1.29 is 14.7 Å². The molecule has 1 unspecified atom stereocenters. The molecular formula is C19H26N6O5. The minimum Gasteiger partial charge on any atom is -0.474 e. The van der Waals surface area contributed by atoms with E-state index in [9.17, 15) is 19.2 Å². The fraction of sp³-hybridized carbons (Fsp3) is 0.526. The molecule has 0 saturated carbocycles. The molecular weight excluding hydrogens is 392 g/mol. The molecule has 1 atom stereocenters. The quantitative estimate of drug-likeness (QED) is 0.509. The number of carbonyl (C=O) groups is 2. The van der Waals surface area contributed by atoms with Crippen molar-refractivity contribution in [1.29, 1.82) is 0 Å². The Labute approximate surface area is 172 Å². The molecule has 0 radical (unpaired) electrons. The van der Waals surface area contributed by atoms with Crippen LogP contribution in [0.3, 0.4) is 0 Å². The first-order chi connectivity index (χ1) is 14.1. The minimum absolute atomic E-state index is 0.289. The van der Waals surface area contributed by atoms with E-state index in [-0.39, 0.29) is 11.7 Å². The van der Waals surface area contributed by atoms with Gasteiger partial charge in [-0.05, 0) is 26.7 Å². The Morgan fingerprint density at radius 1 is 1.23 bits per heavy atom. The third-order valence-electron chi connectivity index (χ3n) is 5.24. The van der Waals surface area contributed by atoms with Gasteiger partial charge >= 0.3 is 17.6 Å². The van der Waals surface area contributed by atoms with E-state index in [0.717, 1.165) is 10.1 Å². The van der Waals surface area contributed by atoms with Gasteiger partial charge in [0.15, 0.2) is 11.2 Å². The molecule has 3 rings (SSSR count). The molecule has 1 saturated heterocycles. The number of carboxylic acid groups (broad SMARTS) is 1. The first kappa shape index (κ1) is 21.3. The maximum absolute atomic E-state index is 12.9. The van der Waals surface area contributed by atoms with Crippen molar-refractivity contribution in [3.63, 3.8) is 0 Å². The van der Waals surface area contributed by atoms with Crippen molar-refractivity contribution >= 4 is 29.0 Å². The van der Waals surface area contributed by atoms with Gasteiger partial charge in [-0.15, -0.1) is 0 Å². The van der Waals surface area contributed by atoms with Crippen LogP contribution in [0, 0.1) is 0 Å². The van der Waals surface area contributed by atoms with Gasteiger partial charge in [-0.2, -0.15) is 4.98 Å². The summed E-state index contributed by atoms with van der Waals surface area (Å²) in [4.78, 5) is 54.2. The number of hydrogen-bond donors (Lipinski definition) is 2. The van der Waals surface area contributed by atoms with E-state index >= 15 is 0 Å². The molecule has 1 amide bonds. The summed E-state index contributed by atoms with van der Waals surface area (Å²) >= 11 is 0. The van der Waals surface area contributed by atoms with E-state index in [0.29, 0.717) is 43.9 Å². The van der Waals surface area contributed by atoms with Gasteiger partial charge in [-0.1, -0.05) is 11.6 Å². The lowest BCUT2D eigenvalue weighted by Crippen LogP contribution is -2.50. The summed E-state index contributed by atoms with van der Waals surface area (Å²) in [5.74, 6) is -2.06. The number of piperidine rings is 1. The van der Waals surface area contributed by atoms with E-state index in [1.165, 1.54) is 11.6 Å². The van der Waals surface area contributed by atoms with Gasteiger partial charge in [0, 0.05) is 39.8 Å². The first-order valence-electron chi connectivity index (χ1n) is 9.70. The Balaban J connectivity index is 2.10. The highest BCUT2D eigenvalue weighted by Gasteiger charge is 2.28. The molecule has 0 bridgehead atoms. The number of hydrogen-bond acceptors (Lipinski definition) is 6. The standard InChI is InChI=1S/C19H26N6O5/c1-11(2)7-9-25-13-14(22(3)19(30)23(4)16(13)27)21-18(25)24-8-5-6-12(10-24)20-15(26)17(28)29/h7,12H,5-6,8-10H2,1-4H3,(H,20,26)(H,28,29). The average Bonchev–Trinajstić information content (AvgIpc) is 3.09. The zero-order chi connectivity index (χ0) is 22.2. The second-order valence-corrected chi connectivity index (χ2v) is 7.75. The van der Waals surface area contributed by atoms with Gasteiger partial charge in [0.25, 0.3) is 5.56 Å². The number of nitrogens with zero attached hydrogens (tertiary/aromatic N) is 5. The molecule has 11 heteroatoms. The van der Waals surface area contributed by atoms with Gasteiger partial charge in [0.2, 0.25) is 5.95 Å². The Kier molecular flexibility index (Phi) is 5.81. The maximum Gasteiger partial charge on any atom is 0.394 e. The van der Waals surface area contributed by atoms with Crippen LogP contribution < -0.4 is 21.5 Å². The number of aryl methyl sites for hydroxylation is 1. The molecule has 30 heavy (non-hydrogen) atoms. The summed E-state index contributed by atoms with van der Waals surface area (Å²) in [5.41, 5.74) is 0.785. The number of nitrogens with one attached hydrogen (secondary N) is 1. The third-order valence-corrected chi connectivity index (χ3v) is 5.24. The average molecular weight is 418 g/mol. The van der Waals surface area contributed by atoms with Crippen LogP contribution in [0.25, 0.3) is 11.2 Å². The van der Waals surface area contributed by atoms with Crippen LogP contribution in [0.4, 0.5) is 5.95 Å². The molecule has 1 fully saturated rings. The summed E-state index contributed by atoms with van der Waals surface area (Å²) in [5, 5.41) is 11.4. The van der Waals surface area contributed by atoms with Crippen LogP contribution in [-0.2, 0) is 30.2 Å². The molecule has 1 aliphatic heterocycles. The zero-order valence-corrected chi connectivity index (χ0v) is 17.5. The van der Waals surface area contributed by atoms with Crippen LogP contribution >= 0.6 is 0 Å². The molecule has 2 aromatic heterocycles. The Morgan fingerprint density at radius 3 is 2.57 bits per heavy atom. The second kappa shape index (κ2) is 8.17. The second-order valence-electron chi connectivity index (χ2n) is 7.75. The molecule has 0 spiro atoms. The molecule has 1 aliphatic rings. The number of aliphatic carboxylic acids is 1. The van der Waals surface area contributed by atoms with Crippen LogP contribution in [-0.4, -0.2) is 54.8 Å². The first-order valence-corrected chi connectivity index (χ1v) is 9.70. The lowest BCUT2D eigenvalue weighted by molar-refractivity contribution is -0.150. The van der Waals surface area contributed by atoms with E-state index in [2.05, 4.69) is 10.3 Å². The number of anilines is 1. The number of carboxylic acids is 1. The molecule has 2 aromatic rings. The van der Waals surface area contributed by atoms with Gasteiger partial charge in [-0.3, -0.25) is 18.7 Å². The molecule has 0 aromatic carbocycles. The number of aromatic nitrogens is 4. The Bertz CT molecular complexity index is 1150. The number of carbonyl (C=O) groups excluding carboxylic acids is 1. The predicted octanol–water partition coefficient (Wildman–Crippen LogP) is -0.430. The van der Waals surface area contributed by atoms with Crippen molar-refractivity contribution in [3.05, 3.63) is 32.5 Å². The smallest absolute Gasteiger partial charge is 0.394 e. The van der Waals surface area contributed by atoms with Crippen molar-refractivity contribution in [2.24, 2.45) is 14.1 Å². The van der Waals surface area contributed by atoms with E-state index in [4.69, 9.17) is 5.11 Å². The summed E-state index contributed by atoms with van der Waals surface area (Å²) in [7, 11) is 3.00. The topological polar surface area (TPSA) is 131 Å². The lowest BCUT2D eigenvalue weighted by atomic mass is 10.1. The largest absolute Gasteiger partial charge is 0.474 e. The van der Waals surface area contributed by atoms with Crippen molar-refractivity contribution in [1.82, 2.24) is 24.0 Å². The number of amides is 1. The maximum atomic E-state index is 12.9. The van der Waals surface area contributed by atoms with Crippen molar-refractivity contribution in [3.8, 4) is 0 Å². The van der Waals surface area contributed by atoms with Crippen LogP contribution in [0.1, 0.15) is 26.7 Å². The molecule has 2 N–H and O–H groups in total. The Morgan fingerprint density at radius 2 is 1.93 bits per heavy atom. The summed E-state index contributed by atoms with van der Waals surface area (Å²) < 4.78 is 4.16. The van der Waals surface area contributed by atoms with E-state index in [1.54, 1.807) is 11.6 Å². The minimum atomic E-state index is -1.53. The summed E-state index contributed by atoms with van der Waals surface area (Å²) in [6.07, 6.45) is 3.32. The molecule has 3 heterocycles. The van der Waals surface area contributed by atoms with Crippen molar-refractivity contribution in [2.75, 3.05) is 18.0 Å². The molecule has 0 aliphatic carbocycles. The number of fused-ring (bicyclic) bond motifs is 1. The zero-order valence-electron chi connectivity index (χ0n) is 17.5. The fourth-order valence-corrected chi connectivity index (χ4v) is 3.65. The number of imidazole rings is 1. The Hall–Kier alpha value is -3.37. The monoisotopic (exact) mass is 418 g/mol. The SMILES string of the molecule is CC(C)=CCn1c(N2CCCC(NC(=O)C(=O)O)C2)nc2c1c(=O)n(C)c(=O)n2C. The van der Waals surface area contributed by atoms with Crippen LogP contribution in [0.5, 0.6) is 0 Å². The van der Waals surface area contributed by atoms with E-state index in [1.807, 2.05) is 24.8 Å². The predicted molar refractivity (Wildman–Crippen MR) is 111 cm³/mol. The van der Waals surface area contributed by atoms with Gasteiger partial charge in [0.1, 0.15) is 0 Å². The van der Waals surface area contributed by atoms with Crippen molar-refractivity contribution in [2.45, 2.75) is 39.3 Å². The highest BCUT2D eigenvalue weighted by atomic mass is 16.4. The van der Waals surface area contributed by atoms with E-state index < -0.39 is 23.1 Å².